The van der Waals surface area contributed by atoms with E-state index in [4.69, 9.17) is 0 Å². The van der Waals surface area contributed by atoms with Crippen LogP contribution in [0.1, 0.15) is 26.7 Å². The summed E-state index contributed by atoms with van der Waals surface area (Å²) in [6.07, 6.45) is 1.33. The highest BCUT2D eigenvalue weighted by atomic mass is 79.9. The van der Waals surface area contributed by atoms with Crippen molar-refractivity contribution in [2.45, 2.75) is 37.6 Å². The highest BCUT2D eigenvalue weighted by Crippen LogP contribution is 2.19. The maximum absolute atomic E-state index is 11.7. The largest absolute Gasteiger partial charge is 0.391 e. The number of alkyl halides is 1. The summed E-state index contributed by atoms with van der Waals surface area (Å²) in [4.78, 5) is 13.4. The van der Waals surface area contributed by atoms with Gasteiger partial charge in [-0.1, -0.05) is 29.8 Å². The van der Waals surface area contributed by atoms with Crippen molar-refractivity contribution < 1.29 is 9.90 Å². The predicted octanol–water partition coefficient (Wildman–Crippen LogP) is 1.39. The second kappa shape index (κ2) is 5.12. The van der Waals surface area contributed by atoms with Crippen LogP contribution in [0.2, 0.25) is 0 Å². The number of aliphatic hydroxyl groups is 1. The van der Waals surface area contributed by atoms with Crippen molar-refractivity contribution in [3.63, 3.8) is 0 Å². The first-order valence-corrected chi connectivity index (χ1v) is 6.08. The molecule has 0 aromatic carbocycles. The van der Waals surface area contributed by atoms with Crippen LogP contribution in [0.5, 0.6) is 0 Å². The van der Waals surface area contributed by atoms with Gasteiger partial charge in [0.15, 0.2) is 0 Å². The van der Waals surface area contributed by atoms with Gasteiger partial charge in [-0.25, -0.2) is 0 Å². The number of aliphatic hydroxyl groups excluding tert-OH is 1. The Hall–Kier alpha value is -0.0900. The van der Waals surface area contributed by atoms with Crippen LogP contribution in [0.4, 0.5) is 0 Å². The smallest absolute Gasteiger partial charge is 0.236 e. The fraction of sp³-hybridized carbons (Fsp3) is 0.900. The van der Waals surface area contributed by atoms with Gasteiger partial charge in [0.1, 0.15) is 0 Å². The van der Waals surface area contributed by atoms with Crippen molar-refractivity contribution >= 4 is 21.8 Å². The predicted molar refractivity (Wildman–Crippen MR) is 59.4 cm³/mol. The molecule has 1 saturated heterocycles. The van der Waals surface area contributed by atoms with E-state index in [9.17, 15) is 9.90 Å². The van der Waals surface area contributed by atoms with Gasteiger partial charge in [0.2, 0.25) is 5.91 Å². The van der Waals surface area contributed by atoms with Crippen LogP contribution in [-0.4, -0.2) is 39.9 Å². The van der Waals surface area contributed by atoms with Crippen LogP contribution in [0.25, 0.3) is 0 Å². The Kier molecular flexibility index (Phi) is 4.38. The van der Waals surface area contributed by atoms with Crippen molar-refractivity contribution in [1.29, 1.82) is 0 Å². The molecule has 0 aromatic rings. The van der Waals surface area contributed by atoms with Gasteiger partial charge in [-0.05, 0) is 18.8 Å². The Morgan fingerprint density at radius 3 is 2.86 bits per heavy atom. The van der Waals surface area contributed by atoms with Gasteiger partial charge in [0.25, 0.3) is 0 Å². The van der Waals surface area contributed by atoms with Gasteiger partial charge >= 0.3 is 0 Å². The summed E-state index contributed by atoms with van der Waals surface area (Å²) in [6, 6.07) is 0. The standard InChI is InChI=1S/C10H18BrNO2/c1-3-8(11)10(14)12-5-4-7(2)9(13)6-12/h7-9,13H,3-6H2,1-2H3. The average Bonchev–Trinajstić information content (AvgIpc) is 2.20. The summed E-state index contributed by atoms with van der Waals surface area (Å²) >= 11 is 3.34. The molecule has 0 radical (unpaired) electrons. The number of hydrogen-bond donors (Lipinski definition) is 1. The van der Waals surface area contributed by atoms with Crippen LogP contribution >= 0.6 is 15.9 Å². The molecule has 3 atom stereocenters. The van der Waals surface area contributed by atoms with E-state index >= 15 is 0 Å². The van der Waals surface area contributed by atoms with Crippen molar-refractivity contribution in [2.24, 2.45) is 5.92 Å². The van der Waals surface area contributed by atoms with Crippen LogP contribution in [-0.2, 0) is 4.79 Å². The van der Waals surface area contributed by atoms with E-state index in [0.717, 1.165) is 19.4 Å². The fourth-order valence-electron chi connectivity index (χ4n) is 1.62. The average molecular weight is 264 g/mol. The van der Waals surface area contributed by atoms with E-state index in [1.807, 2.05) is 13.8 Å². The Morgan fingerprint density at radius 2 is 2.36 bits per heavy atom. The molecule has 0 aliphatic carbocycles. The zero-order chi connectivity index (χ0) is 10.7. The van der Waals surface area contributed by atoms with Crippen LogP contribution in [0.15, 0.2) is 0 Å². The fourth-order valence-corrected chi connectivity index (χ4v) is 1.91. The Labute approximate surface area is 93.6 Å². The molecule has 1 amide bonds. The number of carbonyl (C=O) groups excluding carboxylic acids is 1. The molecule has 14 heavy (non-hydrogen) atoms. The molecule has 1 rings (SSSR count). The molecule has 1 aliphatic rings. The third-order valence-corrected chi connectivity index (χ3v) is 3.90. The quantitative estimate of drug-likeness (QED) is 0.766. The topological polar surface area (TPSA) is 40.5 Å². The van der Waals surface area contributed by atoms with Gasteiger partial charge in [0, 0.05) is 13.1 Å². The summed E-state index contributed by atoms with van der Waals surface area (Å²) in [5.41, 5.74) is 0. The highest BCUT2D eigenvalue weighted by Gasteiger charge is 2.29. The molecule has 1 heterocycles. The first-order chi connectivity index (χ1) is 6.56. The Balaban J connectivity index is 2.50. The number of rotatable bonds is 2. The summed E-state index contributed by atoms with van der Waals surface area (Å²) in [5.74, 6) is 0.424. The van der Waals surface area contributed by atoms with E-state index in [-0.39, 0.29) is 16.8 Å². The number of β-amino-alcohol motifs (C(OH)–C–C–N with tert-alkyl or cyclic N) is 1. The first kappa shape index (κ1) is 12.0. The van der Waals surface area contributed by atoms with Gasteiger partial charge in [-0.2, -0.15) is 0 Å². The molecule has 0 aromatic heterocycles. The molecule has 3 nitrogen and oxygen atoms in total. The van der Waals surface area contributed by atoms with Crippen LogP contribution < -0.4 is 0 Å². The lowest BCUT2D eigenvalue weighted by atomic mass is 9.96. The van der Waals surface area contributed by atoms with Crippen LogP contribution in [0, 0.1) is 5.92 Å². The maximum atomic E-state index is 11.7. The molecule has 4 heteroatoms. The second-order valence-electron chi connectivity index (χ2n) is 3.99. The summed E-state index contributed by atoms with van der Waals surface area (Å²) in [7, 11) is 0. The van der Waals surface area contributed by atoms with Gasteiger partial charge in [0.05, 0.1) is 10.9 Å². The number of likely N-dealkylation sites (tertiary alicyclic amines) is 1. The number of halogens is 1. The summed E-state index contributed by atoms with van der Waals surface area (Å²) in [6.45, 7) is 5.26. The molecule has 0 bridgehead atoms. The molecular formula is C10H18BrNO2. The Bertz CT molecular complexity index is 210. The number of piperidine rings is 1. The molecule has 82 valence electrons. The molecule has 0 spiro atoms. The van der Waals surface area contributed by atoms with Gasteiger partial charge < -0.3 is 10.0 Å². The number of amides is 1. The van der Waals surface area contributed by atoms with Crippen molar-refractivity contribution in [2.75, 3.05) is 13.1 Å². The van der Waals surface area contributed by atoms with Gasteiger partial charge in [-0.15, -0.1) is 0 Å². The molecular weight excluding hydrogens is 246 g/mol. The van der Waals surface area contributed by atoms with E-state index in [0.29, 0.717) is 12.5 Å². The van der Waals surface area contributed by atoms with Crippen LogP contribution in [0.3, 0.4) is 0 Å². The third kappa shape index (κ3) is 2.70. The summed E-state index contributed by atoms with van der Waals surface area (Å²) in [5, 5.41) is 9.64. The zero-order valence-corrected chi connectivity index (χ0v) is 10.3. The minimum atomic E-state index is -0.357. The Morgan fingerprint density at radius 1 is 1.71 bits per heavy atom. The lowest BCUT2D eigenvalue weighted by Crippen LogP contribution is -2.48. The van der Waals surface area contributed by atoms with Crippen molar-refractivity contribution in [3.8, 4) is 0 Å². The summed E-state index contributed by atoms with van der Waals surface area (Å²) < 4.78 is 0. The first-order valence-electron chi connectivity index (χ1n) is 5.17. The normalized spacial score (nSPS) is 30.1. The lowest BCUT2D eigenvalue weighted by Gasteiger charge is -2.35. The maximum Gasteiger partial charge on any atom is 0.236 e. The zero-order valence-electron chi connectivity index (χ0n) is 8.74. The van der Waals surface area contributed by atoms with Gasteiger partial charge in [-0.3, -0.25) is 4.79 Å². The molecule has 3 unspecified atom stereocenters. The van der Waals surface area contributed by atoms with Crippen molar-refractivity contribution in [3.05, 3.63) is 0 Å². The van der Waals surface area contributed by atoms with E-state index in [2.05, 4.69) is 15.9 Å². The SMILES string of the molecule is CCC(Br)C(=O)N1CCC(C)C(O)C1. The number of carbonyl (C=O) groups is 1. The third-order valence-electron chi connectivity index (χ3n) is 2.86. The minimum Gasteiger partial charge on any atom is -0.391 e. The second-order valence-corrected chi connectivity index (χ2v) is 5.10. The lowest BCUT2D eigenvalue weighted by molar-refractivity contribution is -0.134. The molecule has 1 fully saturated rings. The van der Waals surface area contributed by atoms with E-state index in [1.165, 1.54) is 0 Å². The van der Waals surface area contributed by atoms with E-state index < -0.39 is 0 Å². The highest BCUT2D eigenvalue weighted by molar-refractivity contribution is 9.10. The number of nitrogens with zero attached hydrogens (tertiary/aromatic N) is 1. The number of hydrogen-bond acceptors (Lipinski definition) is 2. The molecule has 0 saturated carbocycles. The van der Waals surface area contributed by atoms with Crippen molar-refractivity contribution in [1.82, 2.24) is 4.90 Å². The monoisotopic (exact) mass is 263 g/mol. The van der Waals surface area contributed by atoms with E-state index in [1.54, 1.807) is 4.90 Å². The molecule has 1 N–H and O–H groups in total. The molecule has 1 aliphatic heterocycles. The minimum absolute atomic E-state index is 0.0943.